The highest BCUT2D eigenvalue weighted by atomic mass is 35.5. The van der Waals surface area contributed by atoms with Gasteiger partial charge in [-0.2, -0.15) is 0 Å². The second-order valence-electron chi connectivity index (χ2n) is 5.51. The zero-order valence-electron chi connectivity index (χ0n) is 11.7. The van der Waals surface area contributed by atoms with Crippen molar-refractivity contribution in [2.45, 2.75) is 38.7 Å². The van der Waals surface area contributed by atoms with Gasteiger partial charge in [0, 0.05) is 30.0 Å². The molecule has 1 aliphatic heterocycles. The van der Waals surface area contributed by atoms with E-state index < -0.39 is 0 Å². The number of fused-ring (bicyclic) bond motifs is 1. The highest BCUT2D eigenvalue weighted by molar-refractivity contribution is 6.30. The number of rotatable bonds is 6. The van der Waals surface area contributed by atoms with Gasteiger partial charge in [0.1, 0.15) is 11.9 Å². The third-order valence-electron chi connectivity index (χ3n) is 3.90. The minimum Gasteiger partial charge on any atom is -0.493 e. The molecule has 3 rings (SSSR count). The molecule has 0 bridgehead atoms. The van der Waals surface area contributed by atoms with Crippen LogP contribution in [0.1, 0.15) is 30.9 Å². The SMILES string of the molecule is CCOC(C(=O)Cc1cc(Cl)cc2c1OCC2)C1CC1. The van der Waals surface area contributed by atoms with E-state index in [0.717, 1.165) is 36.1 Å². The summed E-state index contributed by atoms with van der Waals surface area (Å²) in [4.78, 5) is 12.5. The average molecular weight is 295 g/mol. The Morgan fingerprint density at radius 1 is 1.50 bits per heavy atom. The molecule has 1 heterocycles. The average Bonchev–Trinajstić information content (AvgIpc) is 3.13. The molecule has 1 unspecified atom stereocenters. The largest absolute Gasteiger partial charge is 0.493 e. The van der Waals surface area contributed by atoms with Gasteiger partial charge in [0.25, 0.3) is 0 Å². The van der Waals surface area contributed by atoms with Gasteiger partial charge < -0.3 is 9.47 Å². The van der Waals surface area contributed by atoms with E-state index in [1.54, 1.807) is 0 Å². The molecule has 2 aliphatic rings. The summed E-state index contributed by atoms with van der Waals surface area (Å²) in [5.74, 6) is 1.42. The van der Waals surface area contributed by atoms with Crippen LogP contribution in [0.15, 0.2) is 12.1 Å². The summed E-state index contributed by atoms with van der Waals surface area (Å²) in [5, 5.41) is 0.677. The molecule has 0 saturated heterocycles. The van der Waals surface area contributed by atoms with Crippen molar-refractivity contribution < 1.29 is 14.3 Å². The predicted octanol–water partition coefficient (Wildman–Crippen LogP) is 3.20. The number of halogens is 1. The van der Waals surface area contributed by atoms with E-state index in [2.05, 4.69) is 0 Å². The molecule has 0 radical (unpaired) electrons. The van der Waals surface area contributed by atoms with Crippen LogP contribution >= 0.6 is 11.6 Å². The number of hydrogen-bond acceptors (Lipinski definition) is 3. The van der Waals surface area contributed by atoms with E-state index >= 15 is 0 Å². The molecule has 3 nitrogen and oxygen atoms in total. The van der Waals surface area contributed by atoms with Gasteiger partial charge in [0.05, 0.1) is 6.61 Å². The number of carbonyl (C=O) groups excluding carboxylic acids is 1. The standard InChI is InChI=1S/C16H19ClO3/c1-2-19-16(10-3-4-10)14(18)9-12-8-13(17)7-11-5-6-20-15(11)12/h7-8,10,16H,2-6,9H2,1H3. The summed E-state index contributed by atoms with van der Waals surface area (Å²) < 4.78 is 11.3. The van der Waals surface area contributed by atoms with Crippen LogP contribution < -0.4 is 4.74 Å². The van der Waals surface area contributed by atoms with Crippen LogP contribution in [-0.2, 0) is 22.4 Å². The summed E-state index contributed by atoms with van der Waals surface area (Å²) in [6, 6.07) is 3.78. The summed E-state index contributed by atoms with van der Waals surface area (Å²) in [6.07, 6.45) is 3.16. The highest BCUT2D eigenvalue weighted by Crippen LogP contribution is 2.37. The number of Topliss-reactive ketones (excluding diaryl/α,β-unsaturated/α-hetero) is 1. The van der Waals surface area contributed by atoms with Crippen molar-refractivity contribution in [3.63, 3.8) is 0 Å². The van der Waals surface area contributed by atoms with Crippen molar-refractivity contribution in [3.8, 4) is 5.75 Å². The quantitative estimate of drug-likeness (QED) is 0.808. The zero-order valence-corrected chi connectivity index (χ0v) is 12.4. The van der Waals surface area contributed by atoms with E-state index in [1.165, 1.54) is 0 Å². The first-order valence-corrected chi connectivity index (χ1v) is 7.65. The van der Waals surface area contributed by atoms with Crippen LogP contribution in [0.4, 0.5) is 0 Å². The Morgan fingerprint density at radius 3 is 3.00 bits per heavy atom. The van der Waals surface area contributed by atoms with Crippen molar-refractivity contribution >= 4 is 17.4 Å². The van der Waals surface area contributed by atoms with E-state index in [4.69, 9.17) is 21.1 Å². The molecule has 0 spiro atoms. The lowest BCUT2D eigenvalue weighted by Crippen LogP contribution is -2.28. The first kappa shape index (κ1) is 13.9. The van der Waals surface area contributed by atoms with Crippen LogP contribution in [0.3, 0.4) is 0 Å². The van der Waals surface area contributed by atoms with E-state index in [1.807, 2.05) is 19.1 Å². The molecule has 1 fully saturated rings. The molecule has 1 aromatic carbocycles. The third-order valence-corrected chi connectivity index (χ3v) is 4.12. The number of benzene rings is 1. The lowest BCUT2D eigenvalue weighted by molar-refractivity contribution is -0.130. The molecule has 0 N–H and O–H groups in total. The Hall–Kier alpha value is -1.06. The van der Waals surface area contributed by atoms with Crippen LogP contribution in [0.25, 0.3) is 0 Å². The van der Waals surface area contributed by atoms with Gasteiger partial charge in [-0.05, 0) is 43.4 Å². The Morgan fingerprint density at radius 2 is 2.30 bits per heavy atom. The Kier molecular flexibility index (Phi) is 3.99. The monoisotopic (exact) mass is 294 g/mol. The Labute approximate surface area is 124 Å². The second kappa shape index (κ2) is 5.74. The van der Waals surface area contributed by atoms with Crippen molar-refractivity contribution in [1.29, 1.82) is 0 Å². The molecule has 0 aromatic heterocycles. The first-order chi connectivity index (χ1) is 9.69. The maximum Gasteiger partial charge on any atom is 0.166 e. The second-order valence-corrected chi connectivity index (χ2v) is 5.94. The number of ketones is 1. The van der Waals surface area contributed by atoms with Crippen molar-refractivity contribution in [2.75, 3.05) is 13.2 Å². The highest BCUT2D eigenvalue weighted by Gasteiger charge is 2.37. The molecule has 0 amide bonds. The summed E-state index contributed by atoms with van der Waals surface area (Å²) in [6.45, 7) is 3.19. The lowest BCUT2D eigenvalue weighted by atomic mass is 9.99. The van der Waals surface area contributed by atoms with E-state index in [-0.39, 0.29) is 11.9 Å². The maximum absolute atomic E-state index is 12.5. The summed E-state index contributed by atoms with van der Waals surface area (Å²) in [7, 11) is 0. The first-order valence-electron chi connectivity index (χ1n) is 7.27. The summed E-state index contributed by atoms with van der Waals surface area (Å²) >= 11 is 6.13. The molecule has 1 atom stereocenters. The van der Waals surface area contributed by atoms with Crippen LogP contribution in [0.5, 0.6) is 5.75 Å². The fourth-order valence-electron chi connectivity index (χ4n) is 2.84. The molecule has 1 saturated carbocycles. The van der Waals surface area contributed by atoms with Gasteiger partial charge in [-0.1, -0.05) is 11.6 Å². The zero-order chi connectivity index (χ0) is 14.1. The number of carbonyl (C=O) groups is 1. The van der Waals surface area contributed by atoms with E-state index in [9.17, 15) is 4.79 Å². The van der Waals surface area contributed by atoms with Crippen molar-refractivity contribution in [2.24, 2.45) is 5.92 Å². The number of ether oxygens (including phenoxy) is 2. The predicted molar refractivity (Wildman–Crippen MR) is 77.5 cm³/mol. The van der Waals surface area contributed by atoms with Crippen LogP contribution in [-0.4, -0.2) is 25.1 Å². The molecule has 4 heteroatoms. The van der Waals surface area contributed by atoms with Gasteiger partial charge in [-0.15, -0.1) is 0 Å². The fraction of sp³-hybridized carbons (Fsp3) is 0.562. The Bertz CT molecular complexity index is 523. The fourth-order valence-corrected chi connectivity index (χ4v) is 3.10. The van der Waals surface area contributed by atoms with Gasteiger partial charge in [-0.3, -0.25) is 4.79 Å². The van der Waals surface area contributed by atoms with Crippen molar-refractivity contribution in [3.05, 3.63) is 28.3 Å². The lowest BCUT2D eigenvalue weighted by Gasteiger charge is -2.16. The molecule has 1 aromatic rings. The van der Waals surface area contributed by atoms with Gasteiger partial charge in [0.15, 0.2) is 5.78 Å². The smallest absolute Gasteiger partial charge is 0.166 e. The number of hydrogen-bond donors (Lipinski definition) is 0. The normalized spacial score (nSPS) is 18.5. The minimum absolute atomic E-state index is 0.148. The third kappa shape index (κ3) is 2.84. The van der Waals surface area contributed by atoms with Gasteiger partial charge >= 0.3 is 0 Å². The van der Waals surface area contributed by atoms with E-state index in [0.29, 0.717) is 30.6 Å². The molecule has 108 valence electrons. The minimum atomic E-state index is -0.254. The molecular weight excluding hydrogens is 276 g/mol. The topological polar surface area (TPSA) is 35.5 Å². The molecular formula is C16H19ClO3. The van der Waals surface area contributed by atoms with Gasteiger partial charge in [0.2, 0.25) is 0 Å². The maximum atomic E-state index is 12.5. The molecule has 1 aliphatic carbocycles. The van der Waals surface area contributed by atoms with Crippen LogP contribution in [0, 0.1) is 5.92 Å². The molecule has 20 heavy (non-hydrogen) atoms. The van der Waals surface area contributed by atoms with Crippen molar-refractivity contribution in [1.82, 2.24) is 0 Å². The Balaban J connectivity index is 1.78. The van der Waals surface area contributed by atoms with Gasteiger partial charge in [-0.25, -0.2) is 0 Å². The van der Waals surface area contributed by atoms with Crippen LogP contribution in [0.2, 0.25) is 5.02 Å². The summed E-state index contributed by atoms with van der Waals surface area (Å²) in [5.41, 5.74) is 2.01.